The van der Waals surface area contributed by atoms with Gasteiger partial charge in [0.1, 0.15) is 0 Å². The first-order chi connectivity index (χ1) is 5.61. The van der Waals surface area contributed by atoms with E-state index in [1.54, 1.807) is 6.92 Å². The standard InChI is InChI=1S/C8H15N3O/c1-4-10-8(12)11-7(3)6(2)5-9/h5-6,9H,4H2,1-3H3,(H,10,12). The van der Waals surface area contributed by atoms with Crippen molar-refractivity contribution >= 4 is 18.0 Å². The Morgan fingerprint density at radius 1 is 1.75 bits per heavy atom. The minimum Gasteiger partial charge on any atom is -0.337 e. The van der Waals surface area contributed by atoms with Gasteiger partial charge in [0, 0.05) is 24.4 Å². The largest absolute Gasteiger partial charge is 0.340 e. The summed E-state index contributed by atoms with van der Waals surface area (Å²) in [6, 6.07) is -0.330. The number of rotatable bonds is 3. The summed E-state index contributed by atoms with van der Waals surface area (Å²) < 4.78 is 0. The second kappa shape index (κ2) is 5.46. The molecule has 0 saturated heterocycles. The first-order valence-corrected chi connectivity index (χ1v) is 3.95. The first kappa shape index (κ1) is 10.8. The van der Waals surface area contributed by atoms with Crippen LogP contribution in [-0.4, -0.2) is 24.5 Å². The molecule has 1 unspecified atom stereocenters. The van der Waals surface area contributed by atoms with Crippen molar-refractivity contribution in [1.82, 2.24) is 5.32 Å². The number of urea groups is 1. The van der Waals surface area contributed by atoms with Gasteiger partial charge in [-0.1, -0.05) is 6.92 Å². The number of nitrogens with zero attached hydrogens (tertiary/aromatic N) is 1. The number of aliphatic imine (C=N–C) groups is 1. The molecule has 0 rings (SSSR count). The molecule has 0 bridgehead atoms. The topological polar surface area (TPSA) is 65.3 Å². The molecule has 0 aromatic carbocycles. The number of hydrogen-bond acceptors (Lipinski definition) is 2. The highest BCUT2D eigenvalue weighted by molar-refractivity contribution is 6.01. The van der Waals surface area contributed by atoms with Crippen LogP contribution in [0.3, 0.4) is 0 Å². The van der Waals surface area contributed by atoms with Gasteiger partial charge < -0.3 is 10.7 Å². The zero-order valence-corrected chi connectivity index (χ0v) is 7.72. The predicted octanol–water partition coefficient (Wildman–Crippen LogP) is 1.46. The lowest BCUT2D eigenvalue weighted by molar-refractivity contribution is 0.249. The molecular formula is C8H15N3O. The minimum atomic E-state index is -0.330. The number of carbonyl (C=O) groups is 1. The quantitative estimate of drug-likeness (QED) is 0.617. The molecule has 0 radical (unpaired) electrons. The highest BCUT2D eigenvalue weighted by Gasteiger charge is 2.03. The number of carbonyl (C=O) groups excluding carboxylic acids is 1. The Kier molecular flexibility index (Phi) is 4.92. The Morgan fingerprint density at radius 2 is 2.33 bits per heavy atom. The summed E-state index contributed by atoms with van der Waals surface area (Å²) in [6.07, 6.45) is 1.26. The molecule has 12 heavy (non-hydrogen) atoms. The van der Waals surface area contributed by atoms with Crippen LogP contribution in [0.15, 0.2) is 4.99 Å². The first-order valence-electron chi connectivity index (χ1n) is 3.95. The maximum Gasteiger partial charge on any atom is 0.340 e. The van der Waals surface area contributed by atoms with Gasteiger partial charge in [0.05, 0.1) is 0 Å². The van der Waals surface area contributed by atoms with Crippen molar-refractivity contribution in [3.8, 4) is 0 Å². The molecule has 0 aliphatic heterocycles. The van der Waals surface area contributed by atoms with Gasteiger partial charge in [-0.25, -0.2) is 9.79 Å². The van der Waals surface area contributed by atoms with Gasteiger partial charge in [-0.15, -0.1) is 0 Å². The molecule has 0 aromatic heterocycles. The van der Waals surface area contributed by atoms with Crippen molar-refractivity contribution in [1.29, 1.82) is 5.41 Å². The highest BCUT2D eigenvalue weighted by atomic mass is 16.2. The van der Waals surface area contributed by atoms with E-state index >= 15 is 0 Å². The van der Waals surface area contributed by atoms with E-state index in [0.717, 1.165) is 0 Å². The SMILES string of the molecule is CCNC(=O)N=C(C)C(C)C=N. The fraction of sp³-hybridized carbons (Fsp3) is 0.625. The Bertz CT molecular complexity index is 198. The van der Waals surface area contributed by atoms with Gasteiger partial charge in [-0.05, 0) is 13.8 Å². The molecule has 4 heteroatoms. The van der Waals surface area contributed by atoms with Crippen molar-refractivity contribution in [3.05, 3.63) is 0 Å². The van der Waals surface area contributed by atoms with E-state index in [0.29, 0.717) is 12.3 Å². The van der Waals surface area contributed by atoms with Crippen molar-refractivity contribution < 1.29 is 4.79 Å². The third-order valence-corrected chi connectivity index (χ3v) is 1.51. The lowest BCUT2D eigenvalue weighted by atomic mass is 10.1. The molecule has 0 fully saturated rings. The summed E-state index contributed by atoms with van der Waals surface area (Å²) in [5, 5.41) is 9.50. The molecule has 0 spiro atoms. The number of hydrogen-bond donors (Lipinski definition) is 2. The van der Waals surface area contributed by atoms with E-state index in [2.05, 4.69) is 10.3 Å². The molecule has 68 valence electrons. The van der Waals surface area contributed by atoms with Gasteiger partial charge in [0.15, 0.2) is 0 Å². The second-order valence-corrected chi connectivity index (χ2v) is 2.54. The van der Waals surface area contributed by atoms with Crippen LogP contribution in [0.5, 0.6) is 0 Å². The maximum atomic E-state index is 10.9. The molecule has 1 atom stereocenters. The van der Waals surface area contributed by atoms with Crippen molar-refractivity contribution in [2.75, 3.05) is 6.54 Å². The van der Waals surface area contributed by atoms with Crippen molar-refractivity contribution in [2.24, 2.45) is 10.9 Å². The Balaban J connectivity index is 4.14. The Labute approximate surface area is 72.6 Å². The smallest absolute Gasteiger partial charge is 0.337 e. The van der Waals surface area contributed by atoms with Crippen LogP contribution < -0.4 is 5.32 Å². The zero-order valence-electron chi connectivity index (χ0n) is 7.72. The van der Waals surface area contributed by atoms with Gasteiger partial charge in [-0.3, -0.25) is 0 Å². The number of nitrogens with one attached hydrogen (secondary N) is 2. The maximum absolute atomic E-state index is 10.9. The normalized spacial score (nSPS) is 13.8. The summed E-state index contributed by atoms with van der Waals surface area (Å²) in [5.41, 5.74) is 0.663. The van der Waals surface area contributed by atoms with Crippen LogP contribution in [0.1, 0.15) is 20.8 Å². The molecule has 2 N–H and O–H groups in total. The lowest BCUT2D eigenvalue weighted by Crippen LogP contribution is -2.21. The molecule has 0 aliphatic rings. The van der Waals surface area contributed by atoms with Gasteiger partial charge >= 0.3 is 6.03 Å². The lowest BCUT2D eigenvalue weighted by Gasteiger charge is -2.03. The summed E-state index contributed by atoms with van der Waals surface area (Å²) in [6.45, 7) is 5.98. The third-order valence-electron chi connectivity index (χ3n) is 1.51. The zero-order chi connectivity index (χ0) is 9.56. The minimum absolute atomic E-state index is 0.0624. The molecule has 0 saturated carbocycles. The van der Waals surface area contributed by atoms with Gasteiger partial charge in [0.25, 0.3) is 0 Å². The molecule has 2 amide bonds. The number of amides is 2. The van der Waals surface area contributed by atoms with Crippen LogP contribution >= 0.6 is 0 Å². The van der Waals surface area contributed by atoms with Crippen LogP contribution in [0.25, 0.3) is 0 Å². The highest BCUT2D eigenvalue weighted by Crippen LogP contribution is 1.94. The molecule has 4 nitrogen and oxygen atoms in total. The predicted molar refractivity (Wildman–Crippen MR) is 50.1 cm³/mol. The van der Waals surface area contributed by atoms with E-state index in [1.165, 1.54) is 6.21 Å². The molecule has 0 aliphatic carbocycles. The Hall–Kier alpha value is -1.19. The third kappa shape index (κ3) is 3.85. The monoisotopic (exact) mass is 169 g/mol. The van der Waals surface area contributed by atoms with E-state index in [4.69, 9.17) is 5.41 Å². The second-order valence-electron chi connectivity index (χ2n) is 2.54. The van der Waals surface area contributed by atoms with Gasteiger partial charge in [0.2, 0.25) is 0 Å². The molecule has 0 aromatic rings. The average molecular weight is 169 g/mol. The van der Waals surface area contributed by atoms with Gasteiger partial charge in [-0.2, -0.15) is 0 Å². The van der Waals surface area contributed by atoms with E-state index in [9.17, 15) is 4.79 Å². The van der Waals surface area contributed by atoms with Crippen LogP contribution in [-0.2, 0) is 0 Å². The Morgan fingerprint density at radius 3 is 2.75 bits per heavy atom. The van der Waals surface area contributed by atoms with Crippen LogP contribution in [0.2, 0.25) is 0 Å². The van der Waals surface area contributed by atoms with Crippen molar-refractivity contribution in [2.45, 2.75) is 20.8 Å². The fourth-order valence-corrected chi connectivity index (χ4v) is 0.573. The summed E-state index contributed by atoms with van der Waals surface area (Å²) in [7, 11) is 0. The summed E-state index contributed by atoms with van der Waals surface area (Å²) in [5.74, 6) is -0.0624. The summed E-state index contributed by atoms with van der Waals surface area (Å²) >= 11 is 0. The van der Waals surface area contributed by atoms with E-state index in [1.807, 2.05) is 13.8 Å². The summed E-state index contributed by atoms with van der Waals surface area (Å²) in [4.78, 5) is 14.7. The molecule has 0 heterocycles. The van der Waals surface area contributed by atoms with E-state index < -0.39 is 0 Å². The fourth-order valence-electron chi connectivity index (χ4n) is 0.573. The van der Waals surface area contributed by atoms with Crippen LogP contribution in [0, 0.1) is 11.3 Å². The van der Waals surface area contributed by atoms with Crippen molar-refractivity contribution in [3.63, 3.8) is 0 Å². The van der Waals surface area contributed by atoms with E-state index in [-0.39, 0.29) is 11.9 Å². The molecular weight excluding hydrogens is 154 g/mol. The average Bonchev–Trinajstić information content (AvgIpc) is 2.03. The van der Waals surface area contributed by atoms with Crippen LogP contribution in [0.4, 0.5) is 4.79 Å².